The Bertz CT molecular complexity index is 398. The lowest BCUT2D eigenvalue weighted by molar-refractivity contribution is 0.246. The predicted octanol–water partition coefficient (Wildman–Crippen LogP) is 2.38. The summed E-state index contributed by atoms with van der Waals surface area (Å²) in [4.78, 5) is 0. The topological polar surface area (TPSA) is 67.8 Å². The molecule has 0 aliphatic carbocycles. The molecule has 4 nitrogen and oxygen atoms in total. The van der Waals surface area contributed by atoms with Gasteiger partial charge in [0, 0.05) is 0 Å². The fourth-order valence-electron chi connectivity index (χ4n) is 1.14. The minimum atomic E-state index is -0.590. The molecule has 0 amide bonds. The number of nitrogens with zero attached hydrogens (tertiary/aromatic N) is 1. The second-order valence-electron chi connectivity index (χ2n) is 3.11. The SMILES string of the molecule is CCC(Oc1ccc(F)cc1Cl)C(N)=NO. The zero-order chi connectivity index (χ0) is 12.1. The normalized spacial score (nSPS) is 13.6. The molecule has 1 atom stereocenters. The van der Waals surface area contributed by atoms with Crippen molar-refractivity contribution in [1.29, 1.82) is 0 Å². The summed E-state index contributed by atoms with van der Waals surface area (Å²) >= 11 is 5.77. The van der Waals surface area contributed by atoms with Crippen LogP contribution in [0.15, 0.2) is 23.4 Å². The summed E-state index contributed by atoms with van der Waals surface area (Å²) in [6.07, 6.45) is -0.0863. The van der Waals surface area contributed by atoms with Gasteiger partial charge in [-0.1, -0.05) is 23.7 Å². The number of halogens is 2. The summed E-state index contributed by atoms with van der Waals surface area (Å²) in [6, 6.07) is 3.75. The number of rotatable bonds is 4. The minimum Gasteiger partial charge on any atom is -0.481 e. The number of benzene rings is 1. The first-order valence-electron chi connectivity index (χ1n) is 4.67. The summed E-state index contributed by atoms with van der Waals surface area (Å²) in [7, 11) is 0. The fraction of sp³-hybridized carbons (Fsp3) is 0.300. The van der Waals surface area contributed by atoms with Gasteiger partial charge in [-0.15, -0.1) is 0 Å². The van der Waals surface area contributed by atoms with Crippen LogP contribution in [0.5, 0.6) is 5.75 Å². The van der Waals surface area contributed by atoms with Gasteiger partial charge in [-0.25, -0.2) is 4.39 Å². The molecule has 88 valence electrons. The van der Waals surface area contributed by atoms with Crippen LogP contribution in [0.25, 0.3) is 0 Å². The van der Waals surface area contributed by atoms with Gasteiger partial charge in [0.15, 0.2) is 11.9 Å². The molecule has 1 aromatic carbocycles. The van der Waals surface area contributed by atoms with Crippen LogP contribution in [0.1, 0.15) is 13.3 Å². The van der Waals surface area contributed by atoms with Gasteiger partial charge in [0.1, 0.15) is 11.6 Å². The van der Waals surface area contributed by atoms with E-state index in [2.05, 4.69) is 5.16 Å². The predicted molar refractivity (Wildman–Crippen MR) is 59.5 cm³/mol. The van der Waals surface area contributed by atoms with Crippen molar-refractivity contribution in [2.75, 3.05) is 0 Å². The van der Waals surface area contributed by atoms with Crippen LogP contribution in [0, 0.1) is 5.82 Å². The van der Waals surface area contributed by atoms with E-state index in [4.69, 9.17) is 27.3 Å². The van der Waals surface area contributed by atoms with Crippen molar-refractivity contribution in [3.8, 4) is 5.75 Å². The Balaban J connectivity index is 2.86. The van der Waals surface area contributed by atoms with Crippen LogP contribution in [0.4, 0.5) is 4.39 Å². The van der Waals surface area contributed by atoms with E-state index >= 15 is 0 Å². The number of amidine groups is 1. The van der Waals surface area contributed by atoms with Crippen molar-refractivity contribution in [1.82, 2.24) is 0 Å². The minimum absolute atomic E-state index is 0.0529. The van der Waals surface area contributed by atoms with Crippen LogP contribution in [0.3, 0.4) is 0 Å². The first-order valence-corrected chi connectivity index (χ1v) is 5.05. The second-order valence-corrected chi connectivity index (χ2v) is 3.52. The highest BCUT2D eigenvalue weighted by molar-refractivity contribution is 6.32. The fourth-order valence-corrected chi connectivity index (χ4v) is 1.35. The zero-order valence-corrected chi connectivity index (χ0v) is 9.41. The van der Waals surface area contributed by atoms with Crippen molar-refractivity contribution in [2.24, 2.45) is 10.9 Å². The molecule has 16 heavy (non-hydrogen) atoms. The molecule has 0 heterocycles. The Morgan fingerprint density at radius 2 is 2.38 bits per heavy atom. The smallest absolute Gasteiger partial charge is 0.180 e. The van der Waals surface area contributed by atoms with Crippen LogP contribution in [-0.4, -0.2) is 17.1 Å². The summed E-state index contributed by atoms with van der Waals surface area (Å²) in [5.74, 6) is -0.210. The van der Waals surface area contributed by atoms with Gasteiger partial charge in [0.05, 0.1) is 5.02 Å². The lowest BCUT2D eigenvalue weighted by atomic mass is 10.2. The summed E-state index contributed by atoms with van der Waals surface area (Å²) in [5.41, 5.74) is 5.41. The van der Waals surface area contributed by atoms with Gasteiger partial charge in [-0.3, -0.25) is 0 Å². The van der Waals surface area contributed by atoms with Gasteiger partial charge >= 0.3 is 0 Å². The lowest BCUT2D eigenvalue weighted by Crippen LogP contribution is -2.33. The van der Waals surface area contributed by atoms with E-state index in [1.165, 1.54) is 12.1 Å². The van der Waals surface area contributed by atoms with Crippen LogP contribution < -0.4 is 10.5 Å². The highest BCUT2D eigenvalue weighted by Gasteiger charge is 2.15. The van der Waals surface area contributed by atoms with Crippen molar-refractivity contribution >= 4 is 17.4 Å². The maximum atomic E-state index is 12.8. The Morgan fingerprint density at radius 3 is 2.88 bits per heavy atom. The third-order valence-electron chi connectivity index (χ3n) is 1.98. The maximum Gasteiger partial charge on any atom is 0.180 e. The van der Waals surface area contributed by atoms with Crippen molar-refractivity contribution in [2.45, 2.75) is 19.4 Å². The van der Waals surface area contributed by atoms with E-state index in [0.717, 1.165) is 6.07 Å². The summed E-state index contributed by atoms with van der Waals surface area (Å²) < 4.78 is 18.2. The molecule has 3 N–H and O–H groups in total. The number of hydrogen-bond acceptors (Lipinski definition) is 3. The number of nitrogens with two attached hydrogens (primary N) is 1. The molecular weight excluding hydrogens is 235 g/mol. The highest BCUT2D eigenvalue weighted by atomic mass is 35.5. The maximum absolute atomic E-state index is 12.8. The molecule has 0 radical (unpaired) electrons. The molecule has 0 aliphatic heterocycles. The largest absolute Gasteiger partial charge is 0.481 e. The van der Waals surface area contributed by atoms with E-state index in [0.29, 0.717) is 12.2 Å². The molecule has 6 heteroatoms. The monoisotopic (exact) mass is 246 g/mol. The van der Waals surface area contributed by atoms with Gasteiger partial charge in [0.2, 0.25) is 0 Å². The average Bonchev–Trinajstić information content (AvgIpc) is 2.27. The molecule has 0 aliphatic rings. The van der Waals surface area contributed by atoms with Crippen molar-refractivity contribution < 1.29 is 14.3 Å². The molecule has 1 rings (SSSR count). The molecule has 1 aromatic rings. The highest BCUT2D eigenvalue weighted by Crippen LogP contribution is 2.26. The Kier molecular flexibility index (Phi) is 4.37. The van der Waals surface area contributed by atoms with E-state index in [1.807, 2.05) is 0 Å². The number of oxime groups is 1. The van der Waals surface area contributed by atoms with Gasteiger partial charge in [-0.2, -0.15) is 0 Å². The van der Waals surface area contributed by atoms with E-state index in [9.17, 15) is 4.39 Å². The van der Waals surface area contributed by atoms with Gasteiger partial charge < -0.3 is 15.7 Å². The summed E-state index contributed by atoms with van der Waals surface area (Å²) in [5, 5.41) is 11.5. The third-order valence-corrected chi connectivity index (χ3v) is 2.27. The van der Waals surface area contributed by atoms with Crippen molar-refractivity contribution in [3.05, 3.63) is 29.0 Å². The molecule has 0 saturated carbocycles. The Labute approximate surface area is 97.5 Å². The number of hydrogen-bond donors (Lipinski definition) is 2. The lowest BCUT2D eigenvalue weighted by Gasteiger charge is -2.16. The third kappa shape index (κ3) is 3.00. The first kappa shape index (κ1) is 12.6. The second kappa shape index (κ2) is 5.55. The molecule has 0 bridgehead atoms. The molecule has 0 fully saturated rings. The van der Waals surface area contributed by atoms with Crippen LogP contribution >= 0.6 is 11.6 Å². The molecule has 0 saturated heterocycles. The average molecular weight is 247 g/mol. The first-order chi connectivity index (χ1) is 7.58. The Hall–Kier alpha value is -1.49. The number of ether oxygens (including phenoxy) is 1. The van der Waals surface area contributed by atoms with E-state index in [-0.39, 0.29) is 10.9 Å². The molecule has 0 aromatic heterocycles. The zero-order valence-electron chi connectivity index (χ0n) is 8.65. The van der Waals surface area contributed by atoms with Crippen LogP contribution in [-0.2, 0) is 0 Å². The summed E-state index contributed by atoms with van der Waals surface area (Å²) in [6.45, 7) is 1.81. The standard InChI is InChI=1S/C10H12ClFN2O2/c1-2-8(10(13)14-15)16-9-4-3-6(12)5-7(9)11/h3-5,8,15H,2H2,1H3,(H2,13,14). The van der Waals surface area contributed by atoms with E-state index < -0.39 is 11.9 Å². The molecule has 0 spiro atoms. The Morgan fingerprint density at radius 1 is 1.69 bits per heavy atom. The van der Waals surface area contributed by atoms with Crippen molar-refractivity contribution in [3.63, 3.8) is 0 Å². The van der Waals surface area contributed by atoms with Gasteiger partial charge in [-0.05, 0) is 24.6 Å². The van der Waals surface area contributed by atoms with Crippen LogP contribution in [0.2, 0.25) is 5.02 Å². The molecule has 1 unspecified atom stereocenters. The quantitative estimate of drug-likeness (QED) is 0.371. The molecular formula is C10H12ClFN2O2. The van der Waals surface area contributed by atoms with Gasteiger partial charge in [0.25, 0.3) is 0 Å². The van der Waals surface area contributed by atoms with E-state index in [1.54, 1.807) is 6.92 Å².